The monoisotopic (exact) mass is 362 g/mol. The summed E-state index contributed by atoms with van der Waals surface area (Å²) in [5.74, 6) is 2.37. The number of aldehydes is 1. The molecule has 7 nitrogen and oxygen atoms in total. The van der Waals surface area contributed by atoms with Gasteiger partial charge in [-0.25, -0.2) is 0 Å². The van der Waals surface area contributed by atoms with Crippen LogP contribution in [0, 0.1) is 0 Å². The van der Waals surface area contributed by atoms with Crippen LogP contribution in [0.2, 0.25) is 0 Å². The second-order valence-electron chi connectivity index (χ2n) is 5.11. The summed E-state index contributed by atoms with van der Waals surface area (Å²) in [6.07, 6.45) is 0.701. The summed E-state index contributed by atoms with van der Waals surface area (Å²) in [5.41, 5.74) is 1.47. The molecule has 0 aliphatic rings. The molecule has 26 heavy (non-hydrogen) atoms. The van der Waals surface area contributed by atoms with Crippen molar-refractivity contribution >= 4 is 6.29 Å². The Kier molecular flexibility index (Phi) is 6.16. The van der Waals surface area contributed by atoms with Gasteiger partial charge in [-0.2, -0.15) is 0 Å². The zero-order valence-corrected chi connectivity index (χ0v) is 15.7. The molecule has 0 atom stereocenters. The number of carbonyl (C=O) groups is 1. The molecule has 0 aliphatic heterocycles. The third-order valence-electron chi connectivity index (χ3n) is 3.98. The maximum atomic E-state index is 11.9. The van der Waals surface area contributed by atoms with Gasteiger partial charge in [0.25, 0.3) is 0 Å². The first kappa shape index (κ1) is 19.2. The van der Waals surface area contributed by atoms with Crippen molar-refractivity contribution in [2.24, 2.45) is 0 Å². The van der Waals surface area contributed by atoms with Crippen molar-refractivity contribution in [1.82, 2.24) is 0 Å². The van der Waals surface area contributed by atoms with E-state index in [0.29, 0.717) is 51.7 Å². The second-order valence-corrected chi connectivity index (χ2v) is 5.11. The molecule has 0 radical (unpaired) electrons. The van der Waals surface area contributed by atoms with Crippen molar-refractivity contribution < 1.29 is 33.2 Å². The van der Waals surface area contributed by atoms with E-state index in [0.717, 1.165) is 0 Å². The van der Waals surface area contributed by atoms with E-state index in [1.807, 2.05) is 0 Å². The van der Waals surface area contributed by atoms with Gasteiger partial charge in [0.15, 0.2) is 29.3 Å². The zero-order valence-electron chi connectivity index (χ0n) is 15.7. The van der Waals surface area contributed by atoms with Gasteiger partial charge in [0.1, 0.15) is 0 Å². The van der Waals surface area contributed by atoms with E-state index in [2.05, 4.69) is 0 Å². The molecule has 0 amide bonds. The van der Waals surface area contributed by atoms with Crippen LogP contribution in [0.4, 0.5) is 0 Å². The van der Waals surface area contributed by atoms with Crippen molar-refractivity contribution in [3.63, 3.8) is 0 Å². The smallest absolute Gasteiger partial charge is 0.204 e. The number of benzene rings is 2. The van der Waals surface area contributed by atoms with Gasteiger partial charge >= 0.3 is 0 Å². The summed E-state index contributed by atoms with van der Waals surface area (Å²) in [7, 11) is 9.01. The Morgan fingerprint density at radius 1 is 0.615 bits per heavy atom. The molecule has 2 rings (SSSR count). The van der Waals surface area contributed by atoms with Crippen molar-refractivity contribution in [3.8, 4) is 45.6 Å². The minimum atomic E-state index is 0.272. The number of ether oxygens (including phenoxy) is 6. The molecule has 140 valence electrons. The lowest BCUT2D eigenvalue weighted by atomic mass is 9.97. The molecule has 7 heteroatoms. The van der Waals surface area contributed by atoms with E-state index in [-0.39, 0.29) is 5.75 Å². The molecule has 0 unspecified atom stereocenters. The summed E-state index contributed by atoms with van der Waals surface area (Å²) in [6, 6.07) is 5.19. The van der Waals surface area contributed by atoms with E-state index in [1.165, 1.54) is 42.7 Å². The fraction of sp³-hybridized carbons (Fsp3) is 0.316. The number of hydrogen-bond donors (Lipinski definition) is 0. The molecule has 0 aliphatic carbocycles. The molecule has 0 N–H and O–H groups in total. The molecular formula is C19H22O7. The Morgan fingerprint density at radius 2 is 1.15 bits per heavy atom. The topological polar surface area (TPSA) is 72.5 Å². The summed E-state index contributed by atoms with van der Waals surface area (Å²) in [4.78, 5) is 11.9. The predicted octanol–water partition coefficient (Wildman–Crippen LogP) is 3.22. The summed E-state index contributed by atoms with van der Waals surface area (Å²) >= 11 is 0. The zero-order chi connectivity index (χ0) is 19.3. The largest absolute Gasteiger partial charge is 0.493 e. The quantitative estimate of drug-likeness (QED) is 0.668. The Morgan fingerprint density at radius 3 is 1.62 bits per heavy atom. The lowest BCUT2D eigenvalue weighted by Gasteiger charge is -2.20. The second kappa shape index (κ2) is 8.33. The third kappa shape index (κ3) is 3.08. The van der Waals surface area contributed by atoms with E-state index in [9.17, 15) is 4.79 Å². The van der Waals surface area contributed by atoms with Crippen LogP contribution < -0.4 is 28.4 Å². The van der Waals surface area contributed by atoms with Gasteiger partial charge in [0, 0.05) is 11.1 Å². The number of carbonyl (C=O) groups excluding carboxylic acids is 1. The number of rotatable bonds is 8. The van der Waals surface area contributed by atoms with Crippen LogP contribution >= 0.6 is 0 Å². The molecule has 0 bridgehead atoms. The molecule has 0 spiro atoms. The van der Waals surface area contributed by atoms with E-state index >= 15 is 0 Å². The fourth-order valence-electron chi connectivity index (χ4n) is 2.83. The molecular weight excluding hydrogens is 340 g/mol. The summed E-state index contributed by atoms with van der Waals surface area (Å²) in [6.45, 7) is 0. The van der Waals surface area contributed by atoms with Crippen LogP contribution in [-0.2, 0) is 0 Å². The fourth-order valence-corrected chi connectivity index (χ4v) is 2.83. The Balaban J connectivity index is 2.90. The van der Waals surface area contributed by atoms with Crippen LogP contribution in [0.15, 0.2) is 18.2 Å². The van der Waals surface area contributed by atoms with Crippen LogP contribution in [0.3, 0.4) is 0 Å². The van der Waals surface area contributed by atoms with E-state index in [4.69, 9.17) is 28.4 Å². The number of methoxy groups -OCH3 is 6. The Labute approximate surface area is 152 Å². The average Bonchev–Trinajstić information content (AvgIpc) is 2.70. The lowest BCUT2D eigenvalue weighted by Crippen LogP contribution is -2.02. The van der Waals surface area contributed by atoms with Gasteiger partial charge in [0.05, 0.1) is 48.2 Å². The van der Waals surface area contributed by atoms with Gasteiger partial charge in [-0.05, 0) is 18.2 Å². The van der Waals surface area contributed by atoms with Crippen molar-refractivity contribution in [1.29, 1.82) is 0 Å². The predicted molar refractivity (Wildman–Crippen MR) is 96.6 cm³/mol. The van der Waals surface area contributed by atoms with Crippen LogP contribution in [0.1, 0.15) is 10.4 Å². The SMILES string of the molecule is COc1ccc(-c2cc(OC)c(OC)c(OC)c2C=O)c(OC)c1OC. The third-order valence-corrected chi connectivity index (χ3v) is 3.98. The first-order valence-corrected chi connectivity index (χ1v) is 7.69. The molecule has 0 saturated carbocycles. The summed E-state index contributed by atoms with van der Waals surface area (Å²) < 4.78 is 32.4. The van der Waals surface area contributed by atoms with E-state index in [1.54, 1.807) is 18.2 Å². The first-order chi connectivity index (χ1) is 12.6. The van der Waals surface area contributed by atoms with E-state index < -0.39 is 0 Å². The normalized spacial score (nSPS) is 10.1. The van der Waals surface area contributed by atoms with Crippen LogP contribution in [0.5, 0.6) is 34.5 Å². The molecule has 2 aromatic carbocycles. The van der Waals surface area contributed by atoms with Crippen molar-refractivity contribution in [3.05, 3.63) is 23.8 Å². The highest BCUT2D eigenvalue weighted by molar-refractivity contribution is 5.96. The highest BCUT2D eigenvalue weighted by Crippen LogP contribution is 2.50. The highest BCUT2D eigenvalue weighted by Gasteiger charge is 2.25. The highest BCUT2D eigenvalue weighted by atomic mass is 16.5. The minimum Gasteiger partial charge on any atom is -0.493 e. The Bertz CT molecular complexity index is 799. The molecule has 0 fully saturated rings. The molecule has 0 saturated heterocycles. The molecule has 0 aromatic heterocycles. The van der Waals surface area contributed by atoms with Crippen molar-refractivity contribution in [2.75, 3.05) is 42.7 Å². The van der Waals surface area contributed by atoms with Crippen molar-refractivity contribution in [2.45, 2.75) is 0 Å². The van der Waals surface area contributed by atoms with Gasteiger partial charge in [-0.3, -0.25) is 4.79 Å². The van der Waals surface area contributed by atoms with Gasteiger partial charge in [-0.1, -0.05) is 0 Å². The minimum absolute atomic E-state index is 0.272. The first-order valence-electron chi connectivity index (χ1n) is 7.69. The van der Waals surface area contributed by atoms with Gasteiger partial charge < -0.3 is 28.4 Å². The van der Waals surface area contributed by atoms with Gasteiger partial charge in [0.2, 0.25) is 11.5 Å². The van der Waals surface area contributed by atoms with Gasteiger partial charge in [-0.15, -0.1) is 0 Å². The lowest BCUT2D eigenvalue weighted by molar-refractivity contribution is 0.112. The summed E-state index contributed by atoms with van der Waals surface area (Å²) in [5, 5.41) is 0. The maximum Gasteiger partial charge on any atom is 0.204 e. The average molecular weight is 362 g/mol. The molecule has 2 aromatic rings. The molecule has 0 heterocycles. The maximum absolute atomic E-state index is 11.9. The number of hydrogen-bond acceptors (Lipinski definition) is 7. The Hall–Kier alpha value is -3.09. The van der Waals surface area contributed by atoms with Crippen LogP contribution in [0.25, 0.3) is 11.1 Å². The standard InChI is InChI=1S/C19H22O7/c1-21-14-8-7-11(16(23-3)18(14)25-5)12-9-15(22-2)19(26-6)17(24-4)13(12)10-20/h7-10H,1-6H3. The van der Waals surface area contributed by atoms with Crippen LogP contribution in [-0.4, -0.2) is 48.9 Å².